The highest BCUT2D eigenvalue weighted by Gasteiger charge is 2.70. The number of hydrogen-bond acceptors (Lipinski definition) is 6. The van der Waals surface area contributed by atoms with Crippen molar-refractivity contribution in [2.24, 2.45) is 62.1 Å². The Morgan fingerprint density at radius 3 is 2.29 bits per heavy atom. The van der Waals surface area contributed by atoms with Crippen LogP contribution < -0.4 is 5.32 Å². The highest BCUT2D eigenvalue weighted by Crippen LogP contribution is 2.77. The number of carboxylic acids is 1. The van der Waals surface area contributed by atoms with Crippen molar-refractivity contribution in [3.8, 4) is 0 Å². The summed E-state index contributed by atoms with van der Waals surface area (Å²) < 4.78 is 6.73. The van der Waals surface area contributed by atoms with Crippen LogP contribution in [-0.4, -0.2) is 70.3 Å². The van der Waals surface area contributed by atoms with Gasteiger partial charge in [-0.1, -0.05) is 76.6 Å². The SMILES string of the molecule is CC(C)C1=C2[C@H]3CC[C@@H]4[C@@]5(C)CC[C@H](OC(=O)CC(C)(C)C(=O)O)C(C)(C)[C@@H]5CC[C@@]4(C)[C@]3(C)CC[C@@]2(CCNCC2CN(C(=O)CI)C2)CC1=O. The van der Waals surface area contributed by atoms with E-state index in [4.69, 9.17) is 4.74 Å². The van der Waals surface area contributed by atoms with E-state index in [1.165, 1.54) is 12.0 Å². The van der Waals surface area contributed by atoms with Crippen molar-refractivity contribution in [3.05, 3.63) is 11.1 Å². The van der Waals surface area contributed by atoms with Crippen molar-refractivity contribution in [2.75, 3.05) is 30.6 Å². The van der Waals surface area contributed by atoms with Crippen LogP contribution in [0.3, 0.4) is 0 Å². The molecule has 1 aliphatic heterocycles. The average Bonchev–Trinajstić information content (AvgIpc) is 3.33. The average molecular weight is 835 g/mol. The van der Waals surface area contributed by atoms with Crippen LogP contribution in [0.1, 0.15) is 133 Å². The number of carbonyl (C=O) groups is 4. The van der Waals surface area contributed by atoms with Crippen molar-refractivity contribution in [1.29, 1.82) is 0 Å². The van der Waals surface area contributed by atoms with Crippen molar-refractivity contribution in [1.82, 2.24) is 10.2 Å². The van der Waals surface area contributed by atoms with Gasteiger partial charge in [0.25, 0.3) is 0 Å². The molecule has 0 spiro atoms. The number of esters is 1. The number of nitrogens with zero attached hydrogens (tertiary/aromatic N) is 1. The van der Waals surface area contributed by atoms with Gasteiger partial charge in [-0.3, -0.25) is 19.2 Å². The summed E-state index contributed by atoms with van der Waals surface area (Å²) in [5.74, 6) is 1.39. The van der Waals surface area contributed by atoms with Gasteiger partial charge in [-0.05, 0) is 124 Å². The number of nitrogens with one attached hydrogen (secondary N) is 1. The van der Waals surface area contributed by atoms with Crippen LogP contribution in [0.25, 0.3) is 0 Å². The Kier molecular flexibility index (Phi) is 10.8. The summed E-state index contributed by atoms with van der Waals surface area (Å²) in [4.78, 5) is 52.8. The zero-order chi connectivity index (χ0) is 38.2. The summed E-state index contributed by atoms with van der Waals surface area (Å²) in [5.41, 5.74) is 1.66. The van der Waals surface area contributed by atoms with Crippen molar-refractivity contribution in [2.45, 2.75) is 139 Å². The zero-order valence-corrected chi connectivity index (χ0v) is 35.7. The van der Waals surface area contributed by atoms with Crippen LogP contribution in [-0.2, 0) is 23.9 Å². The number of carboxylic acid groups (broad SMARTS) is 1. The fourth-order valence-corrected chi connectivity index (χ4v) is 14.0. The van der Waals surface area contributed by atoms with E-state index >= 15 is 0 Å². The summed E-state index contributed by atoms with van der Waals surface area (Å²) in [6, 6.07) is 0. The molecule has 0 aromatic heterocycles. The van der Waals surface area contributed by atoms with Crippen molar-refractivity contribution < 1.29 is 29.0 Å². The van der Waals surface area contributed by atoms with E-state index in [2.05, 4.69) is 76.4 Å². The number of ketones is 1. The Hall–Kier alpha value is -1.49. The molecule has 2 N–H and O–H groups in total. The Bertz CT molecular complexity index is 1500. The Morgan fingerprint density at radius 1 is 0.962 bits per heavy atom. The molecule has 1 heterocycles. The monoisotopic (exact) mass is 834 g/mol. The minimum Gasteiger partial charge on any atom is -0.481 e. The van der Waals surface area contributed by atoms with Gasteiger partial charge >= 0.3 is 11.9 Å². The lowest BCUT2D eigenvalue weighted by Gasteiger charge is -2.72. The molecule has 0 aromatic carbocycles. The minimum atomic E-state index is -1.15. The lowest BCUT2D eigenvalue weighted by molar-refractivity contribution is -0.233. The van der Waals surface area contributed by atoms with E-state index in [0.29, 0.717) is 40.3 Å². The quantitative estimate of drug-likeness (QED) is 0.0934. The first kappa shape index (κ1) is 40.2. The number of rotatable bonds is 11. The van der Waals surface area contributed by atoms with Gasteiger partial charge in [0.15, 0.2) is 5.78 Å². The van der Waals surface area contributed by atoms with Gasteiger partial charge in [0, 0.05) is 42.8 Å². The number of Topliss-reactive ketones (excluding diaryl/α,β-unsaturated/α-hetero) is 1. The van der Waals surface area contributed by atoms with E-state index in [1.807, 2.05) is 4.90 Å². The first-order chi connectivity index (χ1) is 24.2. The van der Waals surface area contributed by atoms with Crippen LogP contribution in [0.4, 0.5) is 0 Å². The highest BCUT2D eigenvalue weighted by atomic mass is 127. The maximum atomic E-state index is 14.0. The van der Waals surface area contributed by atoms with Gasteiger partial charge in [-0.15, -0.1) is 0 Å². The largest absolute Gasteiger partial charge is 0.481 e. The van der Waals surface area contributed by atoms with Gasteiger partial charge in [-0.2, -0.15) is 0 Å². The second-order valence-corrected chi connectivity index (χ2v) is 21.2. The standard InChI is InChI=1S/C43H67IN2O6/c1-26(2)35-29(47)20-43(18-19-45-23-27-24-46(25-27)33(48)22-44)17-16-41(8)28(36(35)43)10-11-31-40(7)14-13-32(52-34(49)21-38(3,4)37(50)51)39(5,6)30(40)12-15-42(31,41)9/h26-28,30-32,45H,10-25H2,1-9H3,(H,50,51)/t28-,30+,31-,32+,40+,41-,42-,43-/m1/s1. The molecule has 0 unspecified atom stereocenters. The van der Waals surface area contributed by atoms with Crippen LogP contribution in [0.15, 0.2) is 11.1 Å². The zero-order valence-electron chi connectivity index (χ0n) is 33.6. The predicted molar refractivity (Wildman–Crippen MR) is 212 cm³/mol. The molecule has 6 rings (SSSR count). The minimum absolute atomic E-state index is 0.0415. The predicted octanol–water partition coefficient (Wildman–Crippen LogP) is 8.25. The van der Waals surface area contributed by atoms with Gasteiger partial charge in [0.1, 0.15) is 6.10 Å². The normalized spacial score (nSPS) is 38.6. The number of aliphatic carboxylic acids is 1. The molecule has 1 amide bonds. The van der Waals surface area contributed by atoms with Crippen LogP contribution in [0.5, 0.6) is 0 Å². The lowest BCUT2D eigenvalue weighted by Crippen LogP contribution is -2.65. The number of ether oxygens (including phenoxy) is 1. The van der Waals surface area contributed by atoms with Gasteiger partial charge < -0.3 is 20.1 Å². The number of allylic oxidation sites excluding steroid dienone is 2. The molecule has 52 heavy (non-hydrogen) atoms. The Morgan fingerprint density at radius 2 is 1.65 bits per heavy atom. The maximum absolute atomic E-state index is 14.0. The molecule has 5 aliphatic carbocycles. The van der Waals surface area contributed by atoms with E-state index in [9.17, 15) is 24.3 Å². The molecular formula is C43H67IN2O6. The molecule has 0 radical (unpaired) electrons. The number of halogens is 1. The molecule has 6 aliphatic rings. The number of fused-ring (bicyclic) bond motifs is 7. The summed E-state index contributed by atoms with van der Waals surface area (Å²) in [5, 5.41) is 13.4. The summed E-state index contributed by atoms with van der Waals surface area (Å²) in [7, 11) is 0. The third-order valence-corrected chi connectivity index (χ3v) is 17.2. The molecule has 0 aromatic rings. The van der Waals surface area contributed by atoms with E-state index < -0.39 is 17.4 Å². The molecule has 4 saturated carbocycles. The molecule has 9 heteroatoms. The Balaban J connectivity index is 1.20. The Labute approximate surface area is 326 Å². The second kappa shape index (κ2) is 13.9. The fourth-order valence-electron chi connectivity index (χ4n) is 13.5. The number of likely N-dealkylation sites (tertiary alicyclic amines) is 1. The summed E-state index contributed by atoms with van der Waals surface area (Å²) in [6.07, 6.45) is 9.97. The summed E-state index contributed by atoms with van der Waals surface area (Å²) >= 11 is 2.15. The topological polar surface area (TPSA) is 113 Å². The molecule has 8 atom stereocenters. The van der Waals surface area contributed by atoms with Crippen LogP contribution >= 0.6 is 22.6 Å². The molecule has 1 saturated heterocycles. The molecule has 292 valence electrons. The van der Waals surface area contributed by atoms with E-state index in [-0.39, 0.29) is 51.4 Å². The van der Waals surface area contributed by atoms with Crippen molar-refractivity contribution in [3.63, 3.8) is 0 Å². The third kappa shape index (κ3) is 6.33. The second-order valence-electron chi connectivity index (χ2n) is 20.4. The highest BCUT2D eigenvalue weighted by molar-refractivity contribution is 14.1. The van der Waals surface area contributed by atoms with Gasteiger partial charge in [0.2, 0.25) is 5.91 Å². The fraction of sp³-hybridized carbons (Fsp3) is 0.860. The molecule has 0 bridgehead atoms. The van der Waals surface area contributed by atoms with Crippen molar-refractivity contribution >= 4 is 46.2 Å². The number of amides is 1. The number of carbonyl (C=O) groups excluding carboxylic acids is 3. The maximum Gasteiger partial charge on any atom is 0.309 e. The first-order valence-corrected chi connectivity index (χ1v) is 21.9. The van der Waals surface area contributed by atoms with E-state index in [1.54, 1.807) is 13.8 Å². The number of hydrogen-bond donors (Lipinski definition) is 2. The third-order valence-electron chi connectivity index (χ3n) is 16.6. The van der Waals surface area contributed by atoms with Gasteiger partial charge in [-0.25, -0.2) is 0 Å². The summed E-state index contributed by atoms with van der Waals surface area (Å²) in [6.45, 7) is 23.6. The lowest BCUT2D eigenvalue weighted by atomic mass is 9.33. The smallest absolute Gasteiger partial charge is 0.309 e. The van der Waals surface area contributed by atoms with E-state index in [0.717, 1.165) is 83.1 Å². The first-order valence-electron chi connectivity index (χ1n) is 20.4. The molecule has 5 fully saturated rings. The number of alkyl halides is 1. The molecular weight excluding hydrogens is 767 g/mol. The van der Waals surface area contributed by atoms with Crippen LogP contribution in [0, 0.1) is 62.1 Å². The molecule has 8 nitrogen and oxygen atoms in total. The van der Waals surface area contributed by atoms with Crippen LogP contribution in [0.2, 0.25) is 0 Å². The van der Waals surface area contributed by atoms with Gasteiger partial charge in [0.05, 0.1) is 16.3 Å².